The number of nitrogens with zero attached hydrogens (tertiary/aromatic N) is 2. The second-order valence-corrected chi connectivity index (χ2v) is 13.6. The third-order valence-corrected chi connectivity index (χ3v) is 9.57. The summed E-state index contributed by atoms with van der Waals surface area (Å²) < 4.78 is 0. The van der Waals surface area contributed by atoms with Gasteiger partial charge >= 0.3 is 0 Å². The lowest BCUT2D eigenvalue weighted by Crippen LogP contribution is -2.39. The molecule has 0 saturated heterocycles. The molecule has 0 amide bonds. The van der Waals surface area contributed by atoms with Crippen LogP contribution in [0.3, 0.4) is 0 Å². The third kappa shape index (κ3) is 23.5. The minimum absolute atomic E-state index is 0.640. The van der Waals surface area contributed by atoms with Gasteiger partial charge in [-0.15, -0.1) is 0 Å². The van der Waals surface area contributed by atoms with Crippen molar-refractivity contribution < 1.29 is 0 Å². The predicted octanol–water partition coefficient (Wildman–Crippen LogP) is 13.6. The molecule has 0 radical (unpaired) electrons. The first-order valence-electron chi connectivity index (χ1n) is 19.5. The molecule has 1 unspecified atom stereocenters. The van der Waals surface area contributed by atoms with Gasteiger partial charge in [0, 0.05) is 25.5 Å². The van der Waals surface area contributed by atoms with E-state index in [2.05, 4.69) is 43.0 Å². The average molecular weight is 575 g/mol. The van der Waals surface area contributed by atoms with Crippen LogP contribution in [0.2, 0.25) is 0 Å². The van der Waals surface area contributed by atoms with E-state index >= 15 is 0 Å². The van der Waals surface area contributed by atoms with Crippen molar-refractivity contribution in [1.29, 1.82) is 0 Å². The minimum atomic E-state index is 0.640. The zero-order valence-electron chi connectivity index (χ0n) is 29.0. The second-order valence-electron chi connectivity index (χ2n) is 13.6. The van der Waals surface area contributed by atoms with E-state index in [1.54, 1.807) is 0 Å². The average Bonchev–Trinajstić information content (AvgIpc) is 3.37. The largest absolute Gasteiger partial charge is 0.356 e. The van der Waals surface area contributed by atoms with Gasteiger partial charge in [-0.25, -0.2) is 0 Å². The molecule has 41 heavy (non-hydrogen) atoms. The summed E-state index contributed by atoms with van der Waals surface area (Å²) >= 11 is 0. The topological polar surface area (TPSA) is 6.48 Å². The fourth-order valence-electron chi connectivity index (χ4n) is 6.72. The van der Waals surface area contributed by atoms with Gasteiger partial charge in [-0.3, -0.25) is 0 Å². The van der Waals surface area contributed by atoms with Crippen LogP contribution in [0, 0.1) is 0 Å². The zero-order chi connectivity index (χ0) is 29.5. The van der Waals surface area contributed by atoms with Crippen molar-refractivity contribution >= 4 is 0 Å². The Hall–Kier alpha value is -0.660. The zero-order valence-corrected chi connectivity index (χ0v) is 29.0. The van der Waals surface area contributed by atoms with E-state index in [0.717, 1.165) is 0 Å². The van der Waals surface area contributed by atoms with Gasteiger partial charge in [-0.05, 0) is 25.7 Å². The molecular weight excluding hydrogens is 496 g/mol. The molecule has 1 aliphatic rings. The Labute approximate surface area is 260 Å². The van der Waals surface area contributed by atoms with Crippen molar-refractivity contribution in [2.75, 3.05) is 13.1 Å². The van der Waals surface area contributed by atoms with Crippen LogP contribution in [-0.2, 0) is 0 Å². The Kier molecular flexibility index (Phi) is 28.8. The summed E-state index contributed by atoms with van der Waals surface area (Å²) in [6.07, 6.45) is 50.0. The maximum Gasteiger partial charge on any atom is 0.101 e. The van der Waals surface area contributed by atoms with Crippen LogP contribution in [0.15, 0.2) is 12.4 Å². The van der Waals surface area contributed by atoms with E-state index in [-0.39, 0.29) is 0 Å². The molecule has 0 aromatic carbocycles. The van der Waals surface area contributed by atoms with Crippen LogP contribution >= 0.6 is 0 Å². The maximum atomic E-state index is 2.71. The lowest BCUT2D eigenvalue weighted by molar-refractivity contribution is 0.135. The highest BCUT2D eigenvalue weighted by Gasteiger charge is 2.24. The summed E-state index contributed by atoms with van der Waals surface area (Å²) in [7, 11) is 0. The van der Waals surface area contributed by atoms with Crippen LogP contribution in [0.4, 0.5) is 0 Å². The van der Waals surface area contributed by atoms with Gasteiger partial charge in [0.1, 0.15) is 6.17 Å². The van der Waals surface area contributed by atoms with E-state index in [4.69, 9.17) is 0 Å². The maximum absolute atomic E-state index is 2.71. The van der Waals surface area contributed by atoms with Gasteiger partial charge in [0.2, 0.25) is 0 Å². The molecule has 1 heterocycles. The molecule has 1 aliphatic heterocycles. The Morgan fingerprint density at radius 1 is 0.317 bits per heavy atom. The van der Waals surface area contributed by atoms with Gasteiger partial charge in [0.05, 0.1) is 0 Å². The molecule has 2 heteroatoms. The van der Waals surface area contributed by atoms with Crippen molar-refractivity contribution in [1.82, 2.24) is 9.80 Å². The SMILES string of the molecule is CCCCCCCCCCCCCCCCN1C=CN(CCCCCC)C1CCCCCCCCCCCCCC. The summed E-state index contributed by atoms with van der Waals surface area (Å²) in [6.45, 7) is 9.47. The molecule has 0 N–H and O–H groups in total. The number of hydrogen-bond donors (Lipinski definition) is 0. The first-order chi connectivity index (χ1) is 20.3. The standard InChI is InChI=1S/C39H78N2/c1-4-7-10-13-15-17-19-21-22-24-26-28-30-33-36-41-38-37-40(35-32-12-9-6-3)39(41)34-31-29-27-25-23-20-18-16-14-11-8-5-2/h37-39H,4-36H2,1-3H3. The summed E-state index contributed by atoms with van der Waals surface area (Å²) in [4.78, 5) is 5.40. The first kappa shape index (κ1) is 38.4. The van der Waals surface area contributed by atoms with Gasteiger partial charge in [-0.2, -0.15) is 0 Å². The second kappa shape index (κ2) is 30.8. The Balaban J connectivity index is 2.12. The molecule has 2 nitrogen and oxygen atoms in total. The molecule has 0 bridgehead atoms. The summed E-state index contributed by atoms with van der Waals surface area (Å²) in [5.74, 6) is 0. The van der Waals surface area contributed by atoms with Gasteiger partial charge in [0.15, 0.2) is 0 Å². The fourth-order valence-corrected chi connectivity index (χ4v) is 6.72. The van der Waals surface area contributed by atoms with Crippen molar-refractivity contribution in [2.24, 2.45) is 0 Å². The molecule has 244 valence electrons. The van der Waals surface area contributed by atoms with Gasteiger partial charge in [0.25, 0.3) is 0 Å². The van der Waals surface area contributed by atoms with Crippen LogP contribution in [0.5, 0.6) is 0 Å². The Morgan fingerprint density at radius 3 is 0.878 bits per heavy atom. The predicted molar refractivity (Wildman–Crippen MR) is 186 cm³/mol. The van der Waals surface area contributed by atoms with Crippen LogP contribution < -0.4 is 0 Å². The summed E-state index contributed by atoms with van der Waals surface area (Å²) in [5, 5.41) is 0. The van der Waals surface area contributed by atoms with Crippen molar-refractivity contribution in [2.45, 2.75) is 226 Å². The van der Waals surface area contributed by atoms with Gasteiger partial charge < -0.3 is 9.80 Å². The quantitative estimate of drug-likeness (QED) is 0.0719. The van der Waals surface area contributed by atoms with E-state index in [1.165, 1.54) is 212 Å². The monoisotopic (exact) mass is 575 g/mol. The van der Waals surface area contributed by atoms with E-state index in [1.807, 2.05) is 0 Å². The normalized spacial score (nSPS) is 15.0. The van der Waals surface area contributed by atoms with Crippen LogP contribution in [0.1, 0.15) is 220 Å². The number of hydrogen-bond acceptors (Lipinski definition) is 2. The fraction of sp³-hybridized carbons (Fsp3) is 0.949. The summed E-state index contributed by atoms with van der Waals surface area (Å²) in [5.41, 5.74) is 0. The molecule has 0 saturated carbocycles. The lowest BCUT2D eigenvalue weighted by atomic mass is 10.0. The molecule has 0 fully saturated rings. The number of unbranched alkanes of at least 4 members (excludes halogenated alkanes) is 27. The van der Waals surface area contributed by atoms with Crippen LogP contribution in [0.25, 0.3) is 0 Å². The lowest BCUT2D eigenvalue weighted by Gasteiger charge is -2.33. The van der Waals surface area contributed by atoms with Crippen molar-refractivity contribution in [3.05, 3.63) is 12.4 Å². The molecule has 0 aromatic rings. The smallest absolute Gasteiger partial charge is 0.101 e. The van der Waals surface area contributed by atoms with Crippen LogP contribution in [-0.4, -0.2) is 29.1 Å². The molecule has 0 aromatic heterocycles. The molecular formula is C39H78N2. The molecule has 1 atom stereocenters. The minimum Gasteiger partial charge on any atom is -0.356 e. The highest BCUT2D eigenvalue weighted by atomic mass is 15.4. The van der Waals surface area contributed by atoms with Crippen molar-refractivity contribution in [3.63, 3.8) is 0 Å². The molecule has 0 aliphatic carbocycles. The number of rotatable bonds is 33. The highest BCUT2D eigenvalue weighted by Crippen LogP contribution is 2.24. The van der Waals surface area contributed by atoms with E-state index in [9.17, 15) is 0 Å². The Morgan fingerprint density at radius 2 is 0.561 bits per heavy atom. The molecule has 0 spiro atoms. The van der Waals surface area contributed by atoms with Gasteiger partial charge in [-0.1, -0.05) is 194 Å². The van der Waals surface area contributed by atoms with Crippen molar-refractivity contribution in [3.8, 4) is 0 Å². The summed E-state index contributed by atoms with van der Waals surface area (Å²) in [6, 6.07) is 0. The third-order valence-electron chi connectivity index (χ3n) is 9.57. The highest BCUT2D eigenvalue weighted by molar-refractivity contribution is 4.97. The first-order valence-corrected chi connectivity index (χ1v) is 19.5. The van der Waals surface area contributed by atoms with E-state index < -0.39 is 0 Å². The Bertz CT molecular complexity index is 530. The van der Waals surface area contributed by atoms with E-state index in [0.29, 0.717) is 6.17 Å². The molecule has 1 rings (SSSR count).